The summed E-state index contributed by atoms with van der Waals surface area (Å²) in [6, 6.07) is 3.33. The van der Waals surface area contributed by atoms with Gasteiger partial charge < -0.3 is 14.8 Å². The Hall–Kier alpha value is -2.11. The van der Waals surface area contributed by atoms with E-state index in [-0.39, 0.29) is 12.2 Å². The maximum Gasteiger partial charge on any atom is 0.325 e. The van der Waals surface area contributed by atoms with Crippen LogP contribution < -0.4 is 10.1 Å². The summed E-state index contributed by atoms with van der Waals surface area (Å²) in [7, 11) is 1.47. The summed E-state index contributed by atoms with van der Waals surface area (Å²) in [4.78, 5) is 27.8. The molecule has 0 fully saturated rings. The summed E-state index contributed by atoms with van der Waals surface area (Å²) >= 11 is 0. The Bertz CT molecular complexity index is 578. The van der Waals surface area contributed by atoms with Crippen LogP contribution in [0.15, 0.2) is 18.3 Å². The van der Waals surface area contributed by atoms with Crippen molar-refractivity contribution >= 4 is 11.9 Å². The van der Waals surface area contributed by atoms with Crippen molar-refractivity contribution in [3.63, 3.8) is 0 Å². The molecule has 0 unspecified atom stereocenters. The molecule has 0 atom stereocenters. The molecule has 0 saturated carbocycles. The van der Waals surface area contributed by atoms with Crippen molar-refractivity contribution in [1.82, 2.24) is 10.3 Å². The number of nitrogens with zero attached hydrogens (tertiary/aromatic N) is 1. The molecule has 0 aromatic carbocycles. The molecule has 1 heterocycles. The van der Waals surface area contributed by atoms with Crippen LogP contribution in [0.25, 0.3) is 0 Å². The first-order valence-electron chi connectivity index (χ1n) is 11.1. The first kappa shape index (κ1) is 24.9. The summed E-state index contributed by atoms with van der Waals surface area (Å²) in [5.41, 5.74) is 0.156. The van der Waals surface area contributed by atoms with Gasteiger partial charge in [-0.25, -0.2) is 4.98 Å². The second-order valence-corrected chi connectivity index (χ2v) is 7.35. The zero-order valence-electron chi connectivity index (χ0n) is 18.2. The zero-order chi connectivity index (χ0) is 21.2. The van der Waals surface area contributed by atoms with E-state index in [0.717, 1.165) is 12.8 Å². The van der Waals surface area contributed by atoms with Crippen molar-refractivity contribution < 1.29 is 19.1 Å². The van der Waals surface area contributed by atoms with Gasteiger partial charge >= 0.3 is 5.97 Å². The van der Waals surface area contributed by atoms with Crippen molar-refractivity contribution in [3.05, 3.63) is 24.0 Å². The topological polar surface area (TPSA) is 77.5 Å². The fraction of sp³-hybridized carbons (Fsp3) is 0.696. The van der Waals surface area contributed by atoms with Gasteiger partial charge in [0.2, 0.25) is 0 Å². The molecule has 0 aliphatic rings. The highest BCUT2D eigenvalue weighted by molar-refractivity contribution is 5.96. The number of esters is 1. The van der Waals surface area contributed by atoms with Gasteiger partial charge in [-0.05, 0) is 18.6 Å². The third kappa shape index (κ3) is 12.1. The number of pyridine rings is 1. The number of carbonyl (C=O) groups excluding carboxylic acids is 2. The second kappa shape index (κ2) is 16.8. The normalized spacial score (nSPS) is 10.6. The lowest BCUT2D eigenvalue weighted by atomic mass is 10.1. The lowest BCUT2D eigenvalue weighted by molar-refractivity contribution is -0.142. The highest BCUT2D eigenvalue weighted by atomic mass is 16.5. The summed E-state index contributed by atoms with van der Waals surface area (Å²) in [6.45, 7) is 2.48. The minimum absolute atomic E-state index is 0.156. The Morgan fingerprint density at radius 3 is 2.10 bits per heavy atom. The predicted molar refractivity (Wildman–Crippen MR) is 115 cm³/mol. The lowest BCUT2D eigenvalue weighted by Gasteiger charge is -2.08. The van der Waals surface area contributed by atoms with Gasteiger partial charge in [0.1, 0.15) is 12.3 Å². The van der Waals surface area contributed by atoms with E-state index in [4.69, 9.17) is 9.47 Å². The molecule has 1 rings (SSSR count). The number of nitrogens with one attached hydrogen (secondary N) is 1. The third-order valence-corrected chi connectivity index (χ3v) is 4.86. The molecule has 1 N–H and O–H groups in total. The average molecular weight is 407 g/mol. The quantitative estimate of drug-likeness (QED) is 0.289. The van der Waals surface area contributed by atoms with E-state index in [9.17, 15) is 9.59 Å². The molecule has 1 aromatic heterocycles. The smallest absolute Gasteiger partial charge is 0.325 e. The largest absolute Gasteiger partial charge is 0.494 e. The summed E-state index contributed by atoms with van der Waals surface area (Å²) in [5, 5.41) is 2.51. The molecule has 29 heavy (non-hydrogen) atoms. The van der Waals surface area contributed by atoms with E-state index in [1.807, 2.05) is 0 Å². The molecule has 0 radical (unpaired) electrons. The molecular weight excluding hydrogens is 368 g/mol. The van der Waals surface area contributed by atoms with E-state index in [1.54, 1.807) is 12.1 Å². The highest BCUT2D eigenvalue weighted by Crippen LogP contribution is 2.14. The van der Waals surface area contributed by atoms with Crippen LogP contribution in [0.1, 0.15) is 94.5 Å². The highest BCUT2D eigenvalue weighted by Gasteiger charge is 2.14. The van der Waals surface area contributed by atoms with Gasteiger partial charge in [-0.15, -0.1) is 0 Å². The number of rotatable bonds is 17. The third-order valence-electron chi connectivity index (χ3n) is 4.86. The first-order chi connectivity index (χ1) is 14.2. The number of carbonyl (C=O) groups is 2. The average Bonchev–Trinajstić information content (AvgIpc) is 2.75. The Balaban J connectivity index is 1.96. The van der Waals surface area contributed by atoms with E-state index in [1.165, 1.54) is 77.5 Å². The number of hydrogen-bond donors (Lipinski definition) is 1. The molecular formula is C23H38N2O4. The Kier molecular flexibility index (Phi) is 14.4. The van der Waals surface area contributed by atoms with Crippen LogP contribution in [0.2, 0.25) is 0 Å². The van der Waals surface area contributed by atoms with Crippen LogP contribution in [0, 0.1) is 0 Å². The molecule has 1 amide bonds. The Labute approximate surface area is 175 Å². The van der Waals surface area contributed by atoms with Crippen LogP contribution in [0.3, 0.4) is 0 Å². The Morgan fingerprint density at radius 1 is 0.931 bits per heavy atom. The van der Waals surface area contributed by atoms with Gasteiger partial charge in [0.05, 0.1) is 13.7 Å². The van der Waals surface area contributed by atoms with Gasteiger partial charge in [0, 0.05) is 6.20 Å². The number of aromatic nitrogens is 1. The molecule has 6 nitrogen and oxygen atoms in total. The van der Waals surface area contributed by atoms with Crippen LogP contribution >= 0.6 is 0 Å². The van der Waals surface area contributed by atoms with Crippen molar-refractivity contribution in [1.29, 1.82) is 0 Å². The maximum absolute atomic E-state index is 12.1. The fourth-order valence-corrected chi connectivity index (χ4v) is 3.14. The van der Waals surface area contributed by atoms with Gasteiger partial charge in [-0.2, -0.15) is 0 Å². The zero-order valence-corrected chi connectivity index (χ0v) is 18.2. The van der Waals surface area contributed by atoms with Gasteiger partial charge in [-0.1, -0.05) is 77.6 Å². The number of hydrogen-bond acceptors (Lipinski definition) is 5. The number of methoxy groups -OCH3 is 1. The number of ether oxygens (including phenoxy) is 2. The van der Waals surface area contributed by atoms with Crippen LogP contribution in [0.5, 0.6) is 5.75 Å². The minimum Gasteiger partial charge on any atom is -0.494 e. The predicted octanol–water partition coefficient (Wildman–Crippen LogP) is 5.06. The van der Waals surface area contributed by atoms with Crippen molar-refractivity contribution in [3.8, 4) is 5.75 Å². The van der Waals surface area contributed by atoms with Crippen LogP contribution in [-0.2, 0) is 9.53 Å². The Morgan fingerprint density at radius 2 is 1.52 bits per heavy atom. The molecule has 0 aliphatic heterocycles. The van der Waals surface area contributed by atoms with Crippen molar-refractivity contribution in [2.24, 2.45) is 0 Å². The summed E-state index contributed by atoms with van der Waals surface area (Å²) in [5.74, 6) is -0.518. The van der Waals surface area contributed by atoms with Crippen molar-refractivity contribution in [2.45, 2.75) is 84.0 Å². The molecule has 6 heteroatoms. The number of unbranched alkanes of at least 4 members (excludes halogenated alkanes) is 11. The van der Waals surface area contributed by atoms with E-state index in [0.29, 0.717) is 12.4 Å². The monoisotopic (exact) mass is 406 g/mol. The standard InChI is InChI=1S/C23H38N2O4/c1-3-4-5-6-7-8-9-10-11-12-13-14-18-29-21(26)19-25-23(27)22-20(28-2)16-15-17-24-22/h15-17H,3-14,18-19H2,1-2H3,(H,25,27). The van der Waals surface area contributed by atoms with Crippen molar-refractivity contribution in [2.75, 3.05) is 20.3 Å². The molecule has 1 aromatic rings. The SMILES string of the molecule is CCCCCCCCCCCCCCOC(=O)CNC(=O)c1ncccc1OC. The molecule has 164 valence electrons. The molecule has 0 aliphatic carbocycles. The minimum atomic E-state index is -0.454. The maximum atomic E-state index is 12.1. The molecule has 0 spiro atoms. The van der Waals surface area contributed by atoms with Crippen LogP contribution in [0.4, 0.5) is 0 Å². The van der Waals surface area contributed by atoms with E-state index >= 15 is 0 Å². The van der Waals surface area contributed by atoms with Gasteiger partial charge in [-0.3, -0.25) is 9.59 Å². The summed E-state index contributed by atoms with van der Waals surface area (Å²) in [6.07, 6.45) is 16.7. The molecule has 0 bridgehead atoms. The van der Waals surface area contributed by atoms with E-state index in [2.05, 4.69) is 17.2 Å². The molecule has 0 saturated heterocycles. The lowest BCUT2D eigenvalue weighted by Crippen LogP contribution is -2.31. The van der Waals surface area contributed by atoms with Gasteiger partial charge in [0.25, 0.3) is 5.91 Å². The van der Waals surface area contributed by atoms with E-state index < -0.39 is 11.9 Å². The fourth-order valence-electron chi connectivity index (χ4n) is 3.14. The van der Waals surface area contributed by atoms with Gasteiger partial charge in [0.15, 0.2) is 5.69 Å². The number of amides is 1. The van der Waals surface area contributed by atoms with Crippen LogP contribution in [-0.4, -0.2) is 37.1 Å². The summed E-state index contributed by atoms with van der Waals surface area (Å²) < 4.78 is 10.3. The first-order valence-corrected chi connectivity index (χ1v) is 11.1. The second-order valence-electron chi connectivity index (χ2n) is 7.35.